The second kappa shape index (κ2) is 10.8. The molecule has 2 saturated heterocycles. The molecule has 2 aliphatic carbocycles. The number of carbonyl (C=O) groups excluding carboxylic acids is 1. The Morgan fingerprint density at radius 3 is 2.55 bits per heavy atom. The maximum atomic E-state index is 14.4. The van der Waals surface area contributed by atoms with E-state index in [-0.39, 0.29) is 24.0 Å². The Kier molecular flexibility index (Phi) is 6.91. The molecule has 0 bridgehead atoms. The van der Waals surface area contributed by atoms with Crippen LogP contribution in [0.2, 0.25) is 0 Å². The third-order valence-corrected chi connectivity index (χ3v) is 11.3. The average molecular weight is 593 g/mol. The lowest BCUT2D eigenvalue weighted by Gasteiger charge is -2.48. The van der Waals surface area contributed by atoms with Gasteiger partial charge >= 0.3 is 0 Å². The second-order valence-electron chi connectivity index (χ2n) is 14.2. The molecule has 2 N–H and O–H groups in total. The molecule has 44 heavy (non-hydrogen) atoms. The van der Waals surface area contributed by atoms with E-state index in [0.29, 0.717) is 11.9 Å². The Hall–Kier alpha value is -3.48. The lowest BCUT2D eigenvalue weighted by Crippen LogP contribution is -2.58. The minimum Gasteiger partial charge on any atom is -0.365 e. The van der Waals surface area contributed by atoms with Gasteiger partial charge in [0.05, 0.1) is 34.9 Å². The number of rotatable bonds is 6. The van der Waals surface area contributed by atoms with Crippen LogP contribution in [0.25, 0.3) is 22.3 Å². The van der Waals surface area contributed by atoms with Gasteiger partial charge in [-0.25, -0.2) is 9.97 Å². The van der Waals surface area contributed by atoms with Gasteiger partial charge in [0.2, 0.25) is 5.91 Å². The molecule has 1 spiro atoms. The number of imidazole rings is 1. The summed E-state index contributed by atoms with van der Waals surface area (Å²) in [6.45, 7) is 8.48. The van der Waals surface area contributed by atoms with E-state index in [1.54, 1.807) is 0 Å². The van der Waals surface area contributed by atoms with Crippen molar-refractivity contribution in [2.24, 2.45) is 5.92 Å². The van der Waals surface area contributed by atoms with Gasteiger partial charge in [-0.2, -0.15) is 5.26 Å². The summed E-state index contributed by atoms with van der Waals surface area (Å²) in [5.41, 5.74) is 5.68. The second-order valence-corrected chi connectivity index (χ2v) is 14.2. The number of likely N-dealkylation sites (tertiary alicyclic amines) is 1. The first-order chi connectivity index (χ1) is 21.4. The summed E-state index contributed by atoms with van der Waals surface area (Å²) in [6.07, 6.45) is 11.4. The number of nitriles is 1. The number of carbonyl (C=O) groups is 1. The van der Waals surface area contributed by atoms with E-state index >= 15 is 0 Å². The predicted molar refractivity (Wildman–Crippen MR) is 173 cm³/mol. The van der Waals surface area contributed by atoms with E-state index in [4.69, 9.17) is 9.97 Å². The van der Waals surface area contributed by atoms with Gasteiger partial charge in [-0.3, -0.25) is 4.79 Å². The number of pyridine rings is 1. The number of hydrogen-bond acceptors (Lipinski definition) is 7. The SMILES string of the molecule is CC(C)n1cnc2cc(-c3ccc4c(c3)N([C@H]3C[C@@H](N5CCCCC5)C3)C(=O)C43CCNCC3)nc(N[C@H]3C[C@@H](C#N)C3)c21. The molecule has 0 unspecified atom stereocenters. The average Bonchev–Trinajstić information content (AvgIpc) is 3.53. The van der Waals surface area contributed by atoms with Crippen molar-refractivity contribution in [2.45, 2.75) is 101 Å². The summed E-state index contributed by atoms with van der Waals surface area (Å²) in [4.78, 5) is 29.3. The van der Waals surface area contributed by atoms with E-state index in [0.717, 1.165) is 85.4 Å². The molecule has 3 aromatic rings. The normalized spacial score (nSPS) is 28.1. The van der Waals surface area contributed by atoms with Gasteiger partial charge in [0.1, 0.15) is 5.52 Å². The van der Waals surface area contributed by atoms with E-state index in [1.165, 1.54) is 37.9 Å². The van der Waals surface area contributed by atoms with Gasteiger partial charge < -0.3 is 25.0 Å². The van der Waals surface area contributed by atoms with Crippen molar-refractivity contribution in [2.75, 3.05) is 36.4 Å². The number of nitrogens with zero attached hydrogens (tertiary/aromatic N) is 6. The first kappa shape index (κ1) is 28.0. The first-order valence-corrected chi connectivity index (χ1v) is 16.9. The van der Waals surface area contributed by atoms with Crippen molar-refractivity contribution in [1.82, 2.24) is 24.8 Å². The maximum Gasteiger partial charge on any atom is 0.238 e. The molecule has 0 radical (unpaired) electrons. The number of piperidine rings is 2. The van der Waals surface area contributed by atoms with Gasteiger partial charge in [-0.1, -0.05) is 18.6 Å². The zero-order valence-corrected chi connectivity index (χ0v) is 26.1. The third-order valence-electron chi connectivity index (χ3n) is 11.3. The summed E-state index contributed by atoms with van der Waals surface area (Å²) >= 11 is 0. The number of nitrogens with one attached hydrogen (secondary N) is 2. The Balaban J connectivity index is 1.16. The lowest BCUT2D eigenvalue weighted by atomic mass is 9.74. The first-order valence-electron chi connectivity index (χ1n) is 16.9. The molecule has 2 aromatic heterocycles. The van der Waals surface area contributed by atoms with E-state index in [1.807, 2.05) is 6.33 Å². The van der Waals surface area contributed by atoms with E-state index < -0.39 is 5.41 Å². The van der Waals surface area contributed by atoms with E-state index in [2.05, 4.69) is 69.2 Å². The fourth-order valence-electron chi connectivity index (χ4n) is 8.54. The molecule has 0 atom stereocenters. The number of anilines is 2. The van der Waals surface area contributed by atoms with Crippen LogP contribution in [0, 0.1) is 17.2 Å². The molecule has 230 valence electrons. The van der Waals surface area contributed by atoms with Gasteiger partial charge in [-0.05, 0) is 109 Å². The number of hydrogen-bond donors (Lipinski definition) is 2. The quantitative estimate of drug-likeness (QED) is 0.396. The van der Waals surface area contributed by atoms with Gasteiger partial charge in [0, 0.05) is 35.4 Å². The van der Waals surface area contributed by atoms with Crippen LogP contribution in [0.5, 0.6) is 0 Å². The van der Waals surface area contributed by atoms with Crippen LogP contribution < -0.4 is 15.5 Å². The van der Waals surface area contributed by atoms with Crippen molar-refractivity contribution in [3.8, 4) is 17.3 Å². The summed E-state index contributed by atoms with van der Waals surface area (Å²) < 4.78 is 2.17. The molecule has 9 heteroatoms. The topological polar surface area (TPSA) is 102 Å². The van der Waals surface area contributed by atoms with Crippen molar-refractivity contribution >= 4 is 28.4 Å². The van der Waals surface area contributed by atoms with Crippen LogP contribution in [0.1, 0.15) is 83.2 Å². The Bertz CT molecular complexity index is 1610. The van der Waals surface area contributed by atoms with Crippen molar-refractivity contribution in [3.05, 3.63) is 36.2 Å². The zero-order valence-electron chi connectivity index (χ0n) is 26.1. The van der Waals surface area contributed by atoms with Crippen molar-refractivity contribution in [1.29, 1.82) is 5.26 Å². The molecule has 9 nitrogen and oxygen atoms in total. The monoisotopic (exact) mass is 592 g/mol. The van der Waals surface area contributed by atoms with Crippen LogP contribution in [-0.2, 0) is 10.2 Å². The molecule has 8 rings (SSSR count). The fraction of sp³-hybridized carbons (Fsp3) is 0.600. The molecule has 5 aliphatic rings. The summed E-state index contributed by atoms with van der Waals surface area (Å²) in [5, 5.41) is 16.5. The molecule has 1 amide bonds. The van der Waals surface area contributed by atoms with Crippen LogP contribution in [-0.4, -0.2) is 69.6 Å². The van der Waals surface area contributed by atoms with Crippen molar-refractivity contribution in [3.63, 3.8) is 0 Å². The number of benzene rings is 1. The van der Waals surface area contributed by atoms with Crippen LogP contribution in [0.3, 0.4) is 0 Å². The highest BCUT2D eigenvalue weighted by Crippen LogP contribution is 2.51. The maximum absolute atomic E-state index is 14.4. The zero-order chi connectivity index (χ0) is 30.0. The van der Waals surface area contributed by atoms with E-state index in [9.17, 15) is 10.1 Å². The molecule has 3 aliphatic heterocycles. The number of fused-ring (bicyclic) bond motifs is 3. The van der Waals surface area contributed by atoms with Gasteiger partial charge in [-0.15, -0.1) is 0 Å². The van der Waals surface area contributed by atoms with Crippen LogP contribution >= 0.6 is 0 Å². The molecule has 1 aromatic carbocycles. The van der Waals surface area contributed by atoms with Crippen molar-refractivity contribution < 1.29 is 4.79 Å². The Morgan fingerprint density at radius 2 is 1.82 bits per heavy atom. The molecule has 2 saturated carbocycles. The Labute approximate surface area is 260 Å². The summed E-state index contributed by atoms with van der Waals surface area (Å²) in [6, 6.07) is 12.5. The highest BCUT2D eigenvalue weighted by Gasteiger charge is 2.54. The minimum absolute atomic E-state index is 0.115. The van der Waals surface area contributed by atoms with Crippen LogP contribution in [0.4, 0.5) is 11.5 Å². The highest BCUT2D eigenvalue weighted by atomic mass is 16.2. The molecular weight excluding hydrogens is 548 g/mol. The third kappa shape index (κ3) is 4.44. The number of amides is 1. The van der Waals surface area contributed by atoms with Gasteiger partial charge in [0.25, 0.3) is 0 Å². The highest BCUT2D eigenvalue weighted by molar-refractivity contribution is 6.09. The van der Waals surface area contributed by atoms with Gasteiger partial charge in [0.15, 0.2) is 5.82 Å². The lowest BCUT2D eigenvalue weighted by molar-refractivity contribution is -0.125. The predicted octanol–water partition coefficient (Wildman–Crippen LogP) is 5.38. The number of aromatic nitrogens is 3. The smallest absolute Gasteiger partial charge is 0.238 e. The van der Waals surface area contributed by atoms with Crippen LogP contribution in [0.15, 0.2) is 30.6 Å². The fourth-order valence-corrected chi connectivity index (χ4v) is 8.54. The molecular formula is C35H44N8O. The summed E-state index contributed by atoms with van der Waals surface area (Å²) in [7, 11) is 0. The Morgan fingerprint density at radius 1 is 1.05 bits per heavy atom. The molecule has 4 fully saturated rings. The largest absolute Gasteiger partial charge is 0.365 e. The minimum atomic E-state index is -0.420. The molecule has 5 heterocycles. The standard InChI is InChI=1S/C35H44N8O/c1-22(2)42-21-38-30-19-29(40-33(32(30)42)39-25-14-23(15-25)20-36)24-6-7-28-31(16-24)43(34(44)35(28)8-10-37-11-9-35)27-17-26(18-27)41-12-4-3-5-13-41/h6-7,16,19,21-23,25-27,37H,3-5,8-15,17-18H2,1-2H3,(H,39,40)/t23-,25+,26-,27+. The summed E-state index contributed by atoms with van der Waals surface area (Å²) in [5.74, 6) is 1.26.